The predicted molar refractivity (Wildman–Crippen MR) is 127 cm³/mol. The minimum atomic E-state index is -0.988. The zero-order valence-electron chi connectivity index (χ0n) is 17.6. The Morgan fingerprint density at radius 2 is 1.03 bits per heavy atom. The molecule has 2 aromatic carbocycles. The monoisotopic (exact) mass is 516 g/mol. The molecule has 0 amide bonds. The van der Waals surface area contributed by atoms with E-state index >= 15 is 0 Å². The first-order valence-corrected chi connectivity index (χ1v) is 11.7. The van der Waals surface area contributed by atoms with E-state index in [4.69, 9.17) is 8.83 Å². The van der Waals surface area contributed by atoms with Gasteiger partial charge in [0.15, 0.2) is 10.0 Å². The highest BCUT2D eigenvalue weighted by molar-refractivity contribution is 7.19. The number of carbonyl (C=O) groups excluding carboxylic acids is 2. The van der Waals surface area contributed by atoms with Crippen molar-refractivity contribution in [2.24, 2.45) is 0 Å². The fraction of sp³-hybridized carbons (Fsp3) is 0. The van der Waals surface area contributed by atoms with E-state index in [1.54, 1.807) is 48.5 Å². The maximum absolute atomic E-state index is 12.7. The van der Waals surface area contributed by atoms with Crippen LogP contribution in [-0.2, 0) is 0 Å². The van der Waals surface area contributed by atoms with Gasteiger partial charge in [0.1, 0.15) is 0 Å². The summed E-state index contributed by atoms with van der Waals surface area (Å²) in [5.41, 5.74) is -0.466. The summed E-state index contributed by atoms with van der Waals surface area (Å²) in [6, 6.07) is 13.2. The molecule has 0 fully saturated rings. The molecule has 6 aromatic rings. The zero-order valence-corrected chi connectivity index (χ0v) is 19.2. The van der Waals surface area contributed by atoms with E-state index in [1.165, 1.54) is 0 Å². The van der Waals surface area contributed by atoms with E-state index < -0.39 is 22.8 Å². The Morgan fingerprint density at radius 3 is 1.47 bits per heavy atom. The third-order valence-electron chi connectivity index (χ3n) is 4.88. The second-order valence-corrected chi connectivity index (χ2v) is 9.09. The van der Waals surface area contributed by atoms with Gasteiger partial charge in [0.2, 0.25) is 10.0 Å². The van der Waals surface area contributed by atoms with Crippen LogP contribution in [0.1, 0.15) is 19.6 Å². The maximum atomic E-state index is 12.7. The van der Waals surface area contributed by atoms with Crippen molar-refractivity contribution >= 4 is 56.0 Å². The highest BCUT2D eigenvalue weighted by Gasteiger charge is 2.28. The van der Waals surface area contributed by atoms with Gasteiger partial charge >= 0.3 is 11.3 Å². The van der Waals surface area contributed by atoms with Crippen LogP contribution in [-0.4, -0.2) is 41.9 Å². The third-order valence-corrected chi connectivity index (χ3v) is 6.70. The summed E-state index contributed by atoms with van der Waals surface area (Å²) in [7, 11) is 0. The molecule has 0 saturated carbocycles. The number of benzene rings is 2. The first-order chi connectivity index (χ1) is 17.5. The van der Waals surface area contributed by atoms with Crippen molar-refractivity contribution in [1.29, 1.82) is 0 Å². The summed E-state index contributed by atoms with van der Waals surface area (Å²) in [5.74, 6) is -2.23. The van der Waals surface area contributed by atoms with Crippen LogP contribution in [0.2, 0.25) is 0 Å². The summed E-state index contributed by atoms with van der Waals surface area (Å²) in [5, 5.41) is 15.3. The molecule has 0 spiro atoms. The van der Waals surface area contributed by atoms with Crippen LogP contribution >= 0.6 is 22.7 Å². The number of nitrogens with zero attached hydrogens (tertiary/aromatic N) is 6. The van der Waals surface area contributed by atoms with Crippen molar-refractivity contribution in [3.8, 4) is 21.8 Å². The standard InChI is InChI=1S/C22H8N6O6S2/c29-13(17-25-27-19(35-17)15-23-11-7-3-1-5-9(11)21(31)33-15)14(30)18-26-28-20(36-18)16-24-12-8-4-2-6-10(12)22(32)34-16/h1-8H. The number of fused-ring (bicyclic) bond motifs is 2. The smallest absolute Gasteiger partial charge is 0.347 e. The van der Waals surface area contributed by atoms with Crippen molar-refractivity contribution in [2.75, 3.05) is 0 Å². The SMILES string of the molecule is O=C(C(=O)c1nnc(-c2nc3ccccc3c(=O)o2)s1)c1nnc(-c2nc3ccccc3c(=O)o2)s1. The van der Waals surface area contributed by atoms with Crippen LogP contribution in [0.3, 0.4) is 0 Å². The maximum Gasteiger partial charge on any atom is 0.347 e. The molecule has 0 radical (unpaired) electrons. The van der Waals surface area contributed by atoms with Crippen LogP contribution in [0.5, 0.6) is 0 Å². The normalized spacial score (nSPS) is 11.2. The minimum absolute atomic E-state index is 0.0501. The molecule has 0 unspecified atom stereocenters. The van der Waals surface area contributed by atoms with Gasteiger partial charge in [0.05, 0.1) is 21.8 Å². The van der Waals surface area contributed by atoms with Crippen molar-refractivity contribution in [2.45, 2.75) is 0 Å². The van der Waals surface area contributed by atoms with Gasteiger partial charge in [-0.1, -0.05) is 46.9 Å². The van der Waals surface area contributed by atoms with Crippen LogP contribution in [0.25, 0.3) is 43.6 Å². The Morgan fingerprint density at radius 1 is 0.611 bits per heavy atom. The Hall–Kier alpha value is -4.82. The number of aromatic nitrogens is 6. The summed E-state index contributed by atoms with van der Waals surface area (Å²) < 4.78 is 10.4. The molecule has 4 heterocycles. The highest BCUT2D eigenvalue weighted by Crippen LogP contribution is 2.26. The summed E-state index contributed by atoms with van der Waals surface area (Å²) in [6.45, 7) is 0. The largest absolute Gasteiger partial charge is 0.400 e. The molecule has 0 bridgehead atoms. The van der Waals surface area contributed by atoms with Crippen molar-refractivity contribution in [3.63, 3.8) is 0 Å². The average molecular weight is 516 g/mol. The minimum Gasteiger partial charge on any atom is -0.400 e. The van der Waals surface area contributed by atoms with E-state index in [-0.39, 0.29) is 31.8 Å². The predicted octanol–water partition coefficient (Wildman–Crippen LogP) is 2.79. The molecule has 0 aliphatic rings. The fourth-order valence-corrected chi connectivity index (χ4v) is 4.63. The number of Topliss-reactive ketones (excluding diaryl/α,β-unsaturated/α-hetero) is 2. The number of hydrogen-bond donors (Lipinski definition) is 0. The Balaban J connectivity index is 1.28. The van der Waals surface area contributed by atoms with Crippen molar-refractivity contribution < 1.29 is 18.4 Å². The first-order valence-electron chi connectivity index (χ1n) is 10.0. The molecule has 4 aromatic heterocycles. The summed E-state index contributed by atoms with van der Waals surface area (Å²) in [6.07, 6.45) is 0. The molecule has 6 rings (SSSR count). The van der Waals surface area contributed by atoms with Gasteiger partial charge in [-0.3, -0.25) is 9.59 Å². The Kier molecular flexibility index (Phi) is 5.09. The lowest BCUT2D eigenvalue weighted by Crippen LogP contribution is -2.14. The Bertz CT molecular complexity index is 1810. The van der Waals surface area contributed by atoms with E-state index in [0.29, 0.717) is 21.8 Å². The number of carbonyl (C=O) groups is 2. The first kappa shape index (κ1) is 21.7. The number of para-hydroxylation sites is 2. The topological polar surface area (TPSA) is 172 Å². The molecule has 0 atom stereocenters. The lowest BCUT2D eigenvalue weighted by atomic mass is 10.2. The highest BCUT2D eigenvalue weighted by atomic mass is 32.1. The molecule has 12 nitrogen and oxygen atoms in total. The second-order valence-electron chi connectivity index (χ2n) is 7.13. The van der Waals surface area contributed by atoms with Crippen molar-refractivity contribution in [3.05, 3.63) is 79.4 Å². The molecular weight excluding hydrogens is 508 g/mol. The van der Waals surface area contributed by atoms with E-state index in [1.807, 2.05) is 0 Å². The van der Waals surface area contributed by atoms with E-state index in [2.05, 4.69) is 30.4 Å². The molecule has 0 N–H and O–H groups in total. The van der Waals surface area contributed by atoms with E-state index in [0.717, 1.165) is 22.7 Å². The van der Waals surface area contributed by atoms with Crippen LogP contribution in [0.15, 0.2) is 67.0 Å². The van der Waals surface area contributed by atoms with E-state index in [9.17, 15) is 19.2 Å². The van der Waals surface area contributed by atoms with Gasteiger partial charge in [0.25, 0.3) is 23.3 Å². The van der Waals surface area contributed by atoms with Crippen LogP contribution in [0, 0.1) is 0 Å². The van der Waals surface area contributed by atoms with Gasteiger partial charge in [0, 0.05) is 0 Å². The molecule has 0 aliphatic carbocycles. The van der Waals surface area contributed by atoms with Crippen LogP contribution in [0.4, 0.5) is 0 Å². The second kappa shape index (κ2) is 8.44. The van der Waals surface area contributed by atoms with Crippen molar-refractivity contribution in [1.82, 2.24) is 30.4 Å². The number of hydrogen-bond acceptors (Lipinski definition) is 14. The molecule has 36 heavy (non-hydrogen) atoms. The summed E-state index contributed by atoms with van der Waals surface area (Å²) >= 11 is 1.47. The lowest BCUT2D eigenvalue weighted by molar-refractivity contribution is 0.0815. The lowest BCUT2D eigenvalue weighted by Gasteiger charge is -1.97. The zero-order chi connectivity index (χ0) is 24.8. The number of ketones is 2. The van der Waals surface area contributed by atoms with Gasteiger partial charge in [-0.05, 0) is 24.3 Å². The summed E-state index contributed by atoms with van der Waals surface area (Å²) in [4.78, 5) is 58.3. The third kappa shape index (κ3) is 3.70. The van der Waals surface area contributed by atoms with Crippen LogP contribution < -0.4 is 11.3 Å². The fourth-order valence-electron chi connectivity index (χ4n) is 3.22. The average Bonchev–Trinajstić information content (AvgIpc) is 3.59. The van der Waals surface area contributed by atoms with Gasteiger partial charge in [-0.25, -0.2) is 19.6 Å². The molecule has 14 heteroatoms. The molecule has 0 saturated heterocycles. The van der Waals surface area contributed by atoms with Gasteiger partial charge in [-0.2, -0.15) is 0 Å². The van der Waals surface area contributed by atoms with Gasteiger partial charge in [-0.15, -0.1) is 20.4 Å². The van der Waals surface area contributed by atoms with Gasteiger partial charge < -0.3 is 8.83 Å². The molecule has 0 aliphatic heterocycles. The number of rotatable bonds is 5. The Labute approximate surface area is 205 Å². The molecular formula is C22H8N6O6S2. The quantitative estimate of drug-likeness (QED) is 0.243. The molecule has 174 valence electrons.